The molecule has 1 nitrogen and oxygen atoms in total. The number of hydrogen-bond acceptors (Lipinski definition) is 1. The van der Waals surface area contributed by atoms with Gasteiger partial charge < -0.3 is 5.73 Å². The van der Waals surface area contributed by atoms with E-state index in [0.29, 0.717) is 32.8 Å². The molecule has 0 bridgehead atoms. The van der Waals surface area contributed by atoms with Gasteiger partial charge in [0.15, 0.2) is 0 Å². The summed E-state index contributed by atoms with van der Waals surface area (Å²) in [6.07, 6.45) is 8.42. The predicted octanol–water partition coefficient (Wildman–Crippen LogP) is 5.91. The summed E-state index contributed by atoms with van der Waals surface area (Å²) in [6.45, 7) is 4.33. The molecule has 1 fully saturated rings. The summed E-state index contributed by atoms with van der Waals surface area (Å²) in [5, 5.41) is 1.23. The Kier molecular flexibility index (Phi) is 6.08. The summed E-state index contributed by atoms with van der Waals surface area (Å²) in [4.78, 5) is 0.496. The van der Waals surface area contributed by atoms with E-state index in [1.54, 1.807) is 0 Å². The average Bonchev–Trinajstić information content (AvgIpc) is 3.19. The Morgan fingerprint density at radius 2 is 2.09 bits per heavy atom. The van der Waals surface area contributed by atoms with Crippen LogP contribution in [0.2, 0.25) is 10.0 Å². The molecular weight excluding hydrogens is 333 g/mol. The van der Waals surface area contributed by atoms with Crippen LogP contribution in [0, 0.1) is 11.8 Å². The molecule has 0 aromatic heterocycles. The van der Waals surface area contributed by atoms with E-state index in [9.17, 15) is 0 Å². The van der Waals surface area contributed by atoms with Crippen molar-refractivity contribution in [2.45, 2.75) is 32.6 Å². The normalized spacial score (nSPS) is 21.6. The Morgan fingerprint density at radius 1 is 1.36 bits per heavy atom. The number of halogens is 2. The molecule has 0 radical (unpaired) electrons. The molecule has 22 heavy (non-hydrogen) atoms. The Bertz CT molecular complexity index is 620. The first-order chi connectivity index (χ1) is 10.4. The van der Waals surface area contributed by atoms with Crippen molar-refractivity contribution in [3.8, 4) is 0 Å². The van der Waals surface area contributed by atoms with Gasteiger partial charge in [0.25, 0.3) is 0 Å². The van der Waals surface area contributed by atoms with Crippen molar-refractivity contribution in [1.82, 2.24) is 0 Å². The van der Waals surface area contributed by atoms with Gasteiger partial charge in [-0.25, -0.2) is 0 Å². The fourth-order valence-electron chi connectivity index (χ4n) is 2.56. The molecule has 0 aliphatic heterocycles. The Morgan fingerprint density at radius 3 is 2.68 bits per heavy atom. The lowest BCUT2D eigenvalue weighted by Crippen LogP contribution is -2.12. The Hall–Kier alpha value is -0.830. The van der Waals surface area contributed by atoms with E-state index in [4.69, 9.17) is 41.2 Å². The second kappa shape index (κ2) is 7.63. The molecule has 0 heterocycles. The number of nitrogens with two attached hydrogens (primary N) is 1. The Balaban J connectivity index is 1.98. The van der Waals surface area contributed by atoms with E-state index in [1.807, 2.05) is 18.2 Å². The molecule has 2 N–H and O–H groups in total. The SMILES string of the molecule is CC(C)C/C(=C\C=C\C1CC1c1ccc(Cl)c(Cl)c1)C(N)=S. The number of benzene rings is 1. The van der Waals surface area contributed by atoms with Crippen LogP contribution in [0.5, 0.6) is 0 Å². The highest BCUT2D eigenvalue weighted by Gasteiger charge is 2.36. The predicted molar refractivity (Wildman–Crippen MR) is 101 cm³/mol. The van der Waals surface area contributed by atoms with E-state index < -0.39 is 0 Å². The second-order valence-electron chi connectivity index (χ2n) is 6.22. The lowest BCUT2D eigenvalue weighted by atomic mass is 10.0. The van der Waals surface area contributed by atoms with Gasteiger partial charge in [-0.2, -0.15) is 0 Å². The van der Waals surface area contributed by atoms with Crippen molar-refractivity contribution < 1.29 is 0 Å². The van der Waals surface area contributed by atoms with Crippen LogP contribution in [0.3, 0.4) is 0 Å². The minimum absolute atomic E-state index is 0.496. The minimum Gasteiger partial charge on any atom is -0.390 e. The van der Waals surface area contributed by atoms with Crippen LogP contribution in [-0.2, 0) is 0 Å². The van der Waals surface area contributed by atoms with Crippen LogP contribution >= 0.6 is 35.4 Å². The van der Waals surface area contributed by atoms with Crippen molar-refractivity contribution in [1.29, 1.82) is 0 Å². The average molecular weight is 354 g/mol. The third kappa shape index (κ3) is 4.84. The fraction of sp³-hybridized carbons (Fsp3) is 0.389. The van der Waals surface area contributed by atoms with Crippen molar-refractivity contribution >= 4 is 40.4 Å². The van der Waals surface area contributed by atoms with Crippen LogP contribution in [0.4, 0.5) is 0 Å². The standard InChI is InChI=1S/C18H21Cl2NS/c1-11(2)8-14(18(21)22)5-3-4-12-9-15(12)13-6-7-16(19)17(20)10-13/h3-7,10-12,15H,8-9H2,1-2H3,(H2,21,22)/b4-3+,14-5+. The van der Waals surface area contributed by atoms with E-state index in [-0.39, 0.29) is 0 Å². The minimum atomic E-state index is 0.496. The fourth-order valence-corrected chi connectivity index (χ4v) is 3.02. The molecule has 2 unspecified atom stereocenters. The van der Waals surface area contributed by atoms with Crippen LogP contribution in [-0.4, -0.2) is 4.99 Å². The van der Waals surface area contributed by atoms with Gasteiger partial charge in [0.2, 0.25) is 0 Å². The summed E-state index contributed by atoms with van der Waals surface area (Å²) in [5.41, 5.74) is 8.07. The molecule has 4 heteroatoms. The zero-order valence-corrected chi connectivity index (χ0v) is 15.2. The topological polar surface area (TPSA) is 26.0 Å². The summed E-state index contributed by atoms with van der Waals surface area (Å²) in [7, 11) is 0. The molecule has 1 aliphatic rings. The highest BCUT2D eigenvalue weighted by Crippen LogP contribution is 2.49. The van der Waals surface area contributed by atoms with Gasteiger partial charge in [0.05, 0.1) is 15.0 Å². The highest BCUT2D eigenvalue weighted by atomic mass is 35.5. The summed E-state index contributed by atoms with van der Waals surface area (Å²) in [5.74, 6) is 1.64. The maximum absolute atomic E-state index is 6.07. The van der Waals surface area contributed by atoms with Crippen molar-refractivity contribution in [2.24, 2.45) is 17.6 Å². The van der Waals surface area contributed by atoms with Gasteiger partial charge in [0, 0.05) is 0 Å². The molecule has 1 aromatic carbocycles. The lowest BCUT2D eigenvalue weighted by Gasteiger charge is -2.07. The van der Waals surface area contributed by atoms with E-state index >= 15 is 0 Å². The molecule has 0 amide bonds. The summed E-state index contributed by atoms with van der Waals surface area (Å²) < 4.78 is 0. The van der Waals surface area contributed by atoms with Gasteiger partial charge in [-0.1, -0.05) is 73.6 Å². The number of hydrogen-bond donors (Lipinski definition) is 1. The number of allylic oxidation sites excluding steroid dienone is 3. The monoisotopic (exact) mass is 353 g/mol. The second-order valence-corrected chi connectivity index (χ2v) is 7.47. The smallest absolute Gasteiger partial charge is 0.0994 e. The van der Waals surface area contributed by atoms with Gasteiger partial charge in [-0.3, -0.25) is 0 Å². The molecule has 2 rings (SSSR count). The highest BCUT2D eigenvalue weighted by molar-refractivity contribution is 7.80. The first kappa shape index (κ1) is 17.5. The first-order valence-corrected chi connectivity index (χ1v) is 8.67. The molecular formula is C18H21Cl2NS. The van der Waals surface area contributed by atoms with Crippen LogP contribution in [0.25, 0.3) is 0 Å². The van der Waals surface area contributed by atoms with Crippen LogP contribution in [0.1, 0.15) is 38.2 Å². The molecule has 0 saturated heterocycles. The summed E-state index contributed by atoms with van der Waals surface area (Å²) in [6, 6.07) is 5.89. The molecule has 2 atom stereocenters. The molecule has 118 valence electrons. The number of rotatable bonds is 6. The van der Waals surface area contributed by atoms with E-state index in [0.717, 1.165) is 18.4 Å². The third-order valence-corrected chi connectivity index (χ3v) is 4.81. The maximum atomic E-state index is 6.07. The molecule has 1 aliphatic carbocycles. The quantitative estimate of drug-likeness (QED) is 0.390. The number of thiocarbonyl (C=S) groups is 1. The zero-order valence-electron chi connectivity index (χ0n) is 12.9. The third-order valence-electron chi connectivity index (χ3n) is 3.81. The molecule has 0 spiro atoms. The Labute approximate surface area is 148 Å². The van der Waals surface area contributed by atoms with E-state index in [2.05, 4.69) is 32.1 Å². The van der Waals surface area contributed by atoms with Gasteiger partial charge in [0.1, 0.15) is 0 Å². The molecule has 1 aromatic rings. The largest absolute Gasteiger partial charge is 0.390 e. The van der Waals surface area contributed by atoms with Gasteiger partial charge in [-0.15, -0.1) is 0 Å². The van der Waals surface area contributed by atoms with Crippen molar-refractivity contribution in [2.75, 3.05) is 0 Å². The summed E-state index contributed by atoms with van der Waals surface area (Å²) >= 11 is 17.1. The maximum Gasteiger partial charge on any atom is 0.0994 e. The van der Waals surface area contributed by atoms with Crippen molar-refractivity contribution in [3.05, 3.63) is 57.6 Å². The van der Waals surface area contributed by atoms with E-state index in [1.165, 1.54) is 5.56 Å². The van der Waals surface area contributed by atoms with Gasteiger partial charge >= 0.3 is 0 Å². The van der Waals surface area contributed by atoms with Crippen molar-refractivity contribution in [3.63, 3.8) is 0 Å². The van der Waals surface area contributed by atoms with Crippen LogP contribution in [0.15, 0.2) is 42.0 Å². The lowest BCUT2D eigenvalue weighted by molar-refractivity contribution is 0.654. The van der Waals surface area contributed by atoms with Gasteiger partial charge in [-0.05, 0) is 53.9 Å². The first-order valence-electron chi connectivity index (χ1n) is 7.50. The molecule has 1 saturated carbocycles. The van der Waals surface area contributed by atoms with Crippen LogP contribution < -0.4 is 5.73 Å². The zero-order chi connectivity index (χ0) is 16.3.